The number of rotatable bonds is 9. The van der Waals surface area contributed by atoms with Crippen LogP contribution in [-0.4, -0.2) is 11.9 Å². The molecule has 196 valence electrons. The van der Waals surface area contributed by atoms with Crippen LogP contribution in [0.2, 0.25) is 6.32 Å². The van der Waals surface area contributed by atoms with Crippen LogP contribution in [0, 0.1) is 6.92 Å². The molecular formula is C36H38BNO. The van der Waals surface area contributed by atoms with E-state index < -0.39 is 6.15 Å². The van der Waals surface area contributed by atoms with E-state index >= 15 is 0 Å². The first-order valence-corrected chi connectivity index (χ1v) is 14.0. The molecule has 0 aliphatic heterocycles. The highest BCUT2D eigenvalue weighted by molar-refractivity contribution is 7.11. The van der Waals surface area contributed by atoms with Crippen LogP contribution in [0.1, 0.15) is 35.7 Å². The standard InChI is InChI=1S/C22H24B.C14H14NO/c1-2-3-19-23(20-13-7-4-8-14-20,21-15-9-5-10-16-21)22-17-11-6-12-18-22;1-12-7-9-15(10-8-12)11-14(16)13-5-3-2-4-6-13/h4-18H,2-3,19H2,1H3;2-10H,11H2,1H3/q-1;+1. The molecule has 4 aromatic carbocycles. The van der Waals surface area contributed by atoms with Gasteiger partial charge in [0, 0.05) is 17.7 Å². The van der Waals surface area contributed by atoms with Crippen LogP contribution >= 0.6 is 0 Å². The van der Waals surface area contributed by atoms with Gasteiger partial charge in [-0.15, -0.1) is 0 Å². The van der Waals surface area contributed by atoms with Gasteiger partial charge in [-0.05, 0) is 12.5 Å². The maximum absolute atomic E-state index is 11.9. The molecule has 39 heavy (non-hydrogen) atoms. The number of hydrogen-bond acceptors (Lipinski definition) is 1. The van der Waals surface area contributed by atoms with E-state index in [1.54, 1.807) is 0 Å². The van der Waals surface area contributed by atoms with Crippen molar-refractivity contribution in [3.05, 3.63) is 157 Å². The van der Waals surface area contributed by atoms with E-state index in [-0.39, 0.29) is 5.78 Å². The van der Waals surface area contributed by atoms with E-state index in [1.807, 2.05) is 66.3 Å². The third kappa shape index (κ3) is 7.20. The zero-order valence-corrected chi connectivity index (χ0v) is 23.1. The summed E-state index contributed by atoms with van der Waals surface area (Å²) >= 11 is 0. The molecule has 0 atom stereocenters. The molecule has 2 nitrogen and oxygen atoms in total. The Kier molecular flexibility index (Phi) is 10.0. The van der Waals surface area contributed by atoms with Crippen molar-refractivity contribution in [3.8, 4) is 0 Å². The fourth-order valence-electron chi connectivity index (χ4n) is 5.45. The molecule has 0 radical (unpaired) electrons. The SMILES string of the molecule is CCCC[B-](c1ccccc1)(c1ccccc1)c1ccccc1.Cc1cc[n+](CC(=O)c2ccccc2)cc1. The first-order valence-electron chi connectivity index (χ1n) is 14.0. The quantitative estimate of drug-likeness (QED) is 0.133. The number of nitrogens with zero attached hydrogens (tertiary/aromatic N) is 1. The third-order valence-corrected chi connectivity index (χ3v) is 7.58. The van der Waals surface area contributed by atoms with Crippen molar-refractivity contribution in [1.29, 1.82) is 0 Å². The van der Waals surface area contributed by atoms with Gasteiger partial charge in [-0.1, -0.05) is 141 Å². The van der Waals surface area contributed by atoms with Crippen molar-refractivity contribution >= 4 is 28.3 Å². The van der Waals surface area contributed by atoms with Crippen molar-refractivity contribution < 1.29 is 9.36 Å². The van der Waals surface area contributed by atoms with E-state index in [2.05, 4.69) is 97.9 Å². The predicted octanol–water partition coefficient (Wildman–Crippen LogP) is 6.12. The van der Waals surface area contributed by atoms with Gasteiger partial charge in [0.2, 0.25) is 12.3 Å². The summed E-state index contributed by atoms with van der Waals surface area (Å²) in [7, 11) is 0. The summed E-state index contributed by atoms with van der Waals surface area (Å²) in [6.45, 7) is 4.70. The lowest BCUT2D eigenvalue weighted by Gasteiger charge is -2.43. The summed E-state index contributed by atoms with van der Waals surface area (Å²) in [6, 6.07) is 46.5. The number of carbonyl (C=O) groups excluding carboxylic acids is 1. The van der Waals surface area contributed by atoms with Crippen LogP contribution in [0.4, 0.5) is 0 Å². The monoisotopic (exact) mass is 511 g/mol. The molecule has 0 saturated heterocycles. The zero-order valence-electron chi connectivity index (χ0n) is 23.1. The number of pyridine rings is 1. The number of aromatic nitrogens is 1. The normalized spacial score (nSPS) is 10.8. The molecule has 5 aromatic rings. The van der Waals surface area contributed by atoms with Crippen LogP contribution in [0.25, 0.3) is 0 Å². The van der Waals surface area contributed by atoms with Gasteiger partial charge < -0.3 is 0 Å². The second-order valence-electron chi connectivity index (χ2n) is 10.3. The lowest BCUT2D eigenvalue weighted by molar-refractivity contribution is -0.683. The highest BCUT2D eigenvalue weighted by Crippen LogP contribution is 2.16. The topological polar surface area (TPSA) is 20.9 Å². The molecule has 0 N–H and O–H groups in total. The molecule has 0 saturated carbocycles. The fraction of sp³-hybridized carbons (Fsp3) is 0.167. The lowest BCUT2D eigenvalue weighted by Crippen LogP contribution is -2.66. The average molecular weight is 512 g/mol. The van der Waals surface area contributed by atoms with Crippen molar-refractivity contribution in [2.45, 2.75) is 39.6 Å². The second-order valence-corrected chi connectivity index (χ2v) is 10.3. The Morgan fingerprint density at radius 3 is 1.44 bits per heavy atom. The average Bonchev–Trinajstić information content (AvgIpc) is 3.01. The summed E-state index contributed by atoms with van der Waals surface area (Å²) in [6.07, 6.45) is 6.58. The number of unbranched alkanes of at least 4 members (excludes halogenated alkanes) is 1. The molecule has 0 unspecified atom stereocenters. The summed E-state index contributed by atoms with van der Waals surface area (Å²) in [5.41, 5.74) is 6.29. The lowest BCUT2D eigenvalue weighted by atomic mass is 9.14. The molecule has 0 aliphatic rings. The first kappa shape index (κ1) is 27.8. The fourth-order valence-corrected chi connectivity index (χ4v) is 5.45. The van der Waals surface area contributed by atoms with Crippen LogP contribution in [-0.2, 0) is 6.54 Å². The van der Waals surface area contributed by atoms with Crippen molar-refractivity contribution in [1.82, 2.24) is 0 Å². The molecule has 0 spiro atoms. The minimum atomic E-state index is -0.913. The molecule has 0 fully saturated rings. The summed E-state index contributed by atoms with van der Waals surface area (Å²) < 4.78 is 1.89. The van der Waals surface area contributed by atoms with E-state index in [9.17, 15) is 4.79 Å². The van der Waals surface area contributed by atoms with E-state index in [0.29, 0.717) is 6.54 Å². The molecule has 1 heterocycles. The Hall–Kier alpha value is -4.24. The van der Waals surface area contributed by atoms with Gasteiger partial charge in [0.1, 0.15) is 0 Å². The number of Topliss-reactive ketones (excluding diaryl/α,β-unsaturated/α-hetero) is 1. The number of benzene rings is 4. The van der Waals surface area contributed by atoms with Gasteiger partial charge in [0.25, 0.3) is 0 Å². The van der Waals surface area contributed by atoms with Gasteiger partial charge in [-0.3, -0.25) is 4.79 Å². The highest BCUT2D eigenvalue weighted by Gasteiger charge is 2.28. The van der Waals surface area contributed by atoms with Gasteiger partial charge >= 0.3 is 0 Å². The minimum absolute atomic E-state index is 0.134. The molecule has 0 amide bonds. The maximum atomic E-state index is 11.9. The smallest absolute Gasteiger partial charge is 0.227 e. The molecule has 1 aromatic heterocycles. The number of hydrogen-bond donors (Lipinski definition) is 0. The van der Waals surface area contributed by atoms with Crippen LogP contribution in [0.5, 0.6) is 0 Å². The number of carbonyl (C=O) groups is 1. The van der Waals surface area contributed by atoms with Gasteiger partial charge in [-0.2, -0.15) is 27.3 Å². The van der Waals surface area contributed by atoms with Crippen molar-refractivity contribution in [3.63, 3.8) is 0 Å². The largest absolute Gasteiger partial charge is 0.287 e. The Bertz CT molecular complexity index is 1310. The second kappa shape index (κ2) is 14.1. The van der Waals surface area contributed by atoms with Crippen LogP contribution in [0.15, 0.2) is 146 Å². The Morgan fingerprint density at radius 1 is 0.615 bits per heavy atom. The first-order chi connectivity index (χ1) is 19.1. The van der Waals surface area contributed by atoms with Gasteiger partial charge in [0.05, 0.1) is 6.15 Å². The summed E-state index contributed by atoms with van der Waals surface area (Å²) in [4.78, 5) is 11.9. The van der Waals surface area contributed by atoms with Crippen LogP contribution in [0.3, 0.4) is 0 Å². The van der Waals surface area contributed by atoms with Gasteiger partial charge in [0.15, 0.2) is 12.4 Å². The molecular weight excluding hydrogens is 473 g/mol. The highest BCUT2D eigenvalue weighted by atomic mass is 16.1. The predicted molar refractivity (Wildman–Crippen MR) is 166 cm³/mol. The number of aryl methyl sites for hydroxylation is 1. The van der Waals surface area contributed by atoms with E-state index in [4.69, 9.17) is 0 Å². The Morgan fingerprint density at radius 2 is 1.03 bits per heavy atom. The van der Waals surface area contributed by atoms with Crippen molar-refractivity contribution in [2.24, 2.45) is 0 Å². The minimum Gasteiger partial charge on any atom is -0.287 e. The Labute approximate surface area is 233 Å². The molecule has 0 bridgehead atoms. The maximum Gasteiger partial charge on any atom is 0.227 e. The summed E-state index contributed by atoms with van der Waals surface area (Å²) in [5, 5.41) is 0. The molecule has 5 rings (SSSR count). The number of ketones is 1. The van der Waals surface area contributed by atoms with E-state index in [0.717, 1.165) is 5.56 Å². The summed E-state index contributed by atoms with van der Waals surface area (Å²) in [5.74, 6) is 0.134. The Balaban J connectivity index is 0.000000193. The third-order valence-electron chi connectivity index (χ3n) is 7.58. The van der Waals surface area contributed by atoms with Gasteiger partial charge in [-0.25, -0.2) is 0 Å². The van der Waals surface area contributed by atoms with Crippen LogP contribution < -0.4 is 21.0 Å². The molecule has 0 aliphatic carbocycles. The molecule has 3 heteroatoms. The zero-order chi connectivity index (χ0) is 27.3. The van der Waals surface area contributed by atoms with Crippen molar-refractivity contribution in [2.75, 3.05) is 0 Å². The van der Waals surface area contributed by atoms with E-state index in [1.165, 1.54) is 41.1 Å².